The molecule has 0 saturated carbocycles. The number of alkyl halides is 3. The monoisotopic (exact) mass is 533 g/mol. The molecule has 0 aliphatic heterocycles. The van der Waals surface area contributed by atoms with Crippen molar-refractivity contribution in [2.75, 3.05) is 31.9 Å². The summed E-state index contributed by atoms with van der Waals surface area (Å²) in [6, 6.07) is 1.81. The number of amides is 1. The summed E-state index contributed by atoms with van der Waals surface area (Å²) < 4.78 is 54.7. The van der Waals surface area contributed by atoms with E-state index < -0.39 is 41.3 Å². The first-order chi connectivity index (χ1) is 16.7. The standard InChI is InChI=1S/C22H27ClF3N5O5/c1-21(2,3)36-20(33)30-15(18(32)35-6)8-11-7-13(23)14(9-16(11)34-5)29-19-28-10-12(22(24,25)26)17(27-4)31-19/h7,9-10,15H,8H2,1-6H3,(H,30,33)(H2,27,28,29,31)/t15-/m0/s1. The molecule has 10 nitrogen and oxygen atoms in total. The van der Waals surface area contributed by atoms with Crippen molar-refractivity contribution >= 4 is 41.1 Å². The van der Waals surface area contributed by atoms with Crippen molar-refractivity contribution in [1.29, 1.82) is 0 Å². The predicted molar refractivity (Wildman–Crippen MR) is 127 cm³/mol. The van der Waals surface area contributed by atoms with Crippen molar-refractivity contribution in [3.8, 4) is 5.75 Å². The van der Waals surface area contributed by atoms with Gasteiger partial charge in [-0.05, 0) is 32.4 Å². The minimum absolute atomic E-state index is 0.0597. The summed E-state index contributed by atoms with van der Waals surface area (Å²) in [5, 5.41) is 7.72. The van der Waals surface area contributed by atoms with Crippen LogP contribution in [0.1, 0.15) is 31.9 Å². The van der Waals surface area contributed by atoms with Gasteiger partial charge < -0.3 is 30.2 Å². The van der Waals surface area contributed by atoms with E-state index in [1.807, 2.05) is 0 Å². The molecule has 0 unspecified atom stereocenters. The van der Waals surface area contributed by atoms with Gasteiger partial charge in [-0.2, -0.15) is 18.2 Å². The fraction of sp³-hybridized carbons (Fsp3) is 0.455. The lowest BCUT2D eigenvalue weighted by Crippen LogP contribution is -2.45. The van der Waals surface area contributed by atoms with Gasteiger partial charge >= 0.3 is 18.2 Å². The third-order valence-electron chi connectivity index (χ3n) is 4.55. The number of ether oxygens (including phenoxy) is 3. The van der Waals surface area contributed by atoms with E-state index in [0.29, 0.717) is 11.8 Å². The highest BCUT2D eigenvalue weighted by atomic mass is 35.5. The molecule has 0 spiro atoms. The second-order valence-corrected chi connectivity index (χ2v) is 8.81. The van der Waals surface area contributed by atoms with Gasteiger partial charge in [0.15, 0.2) is 0 Å². The molecule has 198 valence electrons. The number of hydrogen-bond acceptors (Lipinski definition) is 9. The number of alkyl carbamates (subject to hydrolysis) is 1. The molecule has 2 aromatic rings. The second kappa shape index (κ2) is 11.5. The lowest BCUT2D eigenvalue weighted by molar-refractivity contribution is -0.143. The van der Waals surface area contributed by atoms with Crippen LogP contribution in [-0.4, -0.2) is 54.9 Å². The highest BCUT2D eigenvalue weighted by Gasteiger charge is 2.35. The number of benzene rings is 1. The topological polar surface area (TPSA) is 124 Å². The van der Waals surface area contributed by atoms with Gasteiger partial charge in [0.25, 0.3) is 0 Å². The maximum atomic E-state index is 13.1. The molecule has 0 aliphatic carbocycles. The maximum Gasteiger partial charge on any atom is 0.421 e. The Labute approximate surface area is 210 Å². The van der Waals surface area contributed by atoms with Crippen LogP contribution < -0.4 is 20.7 Å². The molecule has 0 radical (unpaired) electrons. The van der Waals surface area contributed by atoms with E-state index in [-0.39, 0.29) is 28.8 Å². The SMILES string of the molecule is CNc1nc(Nc2cc(OC)c(C[C@H](NC(=O)OC(C)(C)C)C(=O)OC)cc2Cl)ncc1C(F)(F)F. The van der Waals surface area contributed by atoms with Gasteiger partial charge in [-0.1, -0.05) is 11.6 Å². The number of aromatic nitrogens is 2. The zero-order chi connectivity index (χ0) is 27.3. The molecule has 1 amide bonds. The Hall–Kier alpha value is -3.48. The number of rotatable bonds is 8. The highest BCUT2D eigenvalue weighted by Crippen LogP contribution is 2.36. The van der Waals surface area contributed by atoms with Crippen molar-refractivity contribution in [2.24, 2.45) is 0 Å². The molecule has 2 rings (SSSR count). The van der Waals surface area contributed by atoms with Gasteiger partial charge in [0, 0.05) is 25.7 Å². The summed E-state index contributed by atoms with van der Waals surface area (Å²) >= 11 is 6.38. The molecule has 0 fully saturated rings. The van der Waals surface area contributed by atoms with Gasteiger partial charge in [-0.15, -0.1) is 0 Å². The van der Waals surface area contributed by atoms with Crippen molar-refractivity contribution < 1.29 is 37.0 Å². The summed E-state index contributed by atoms with van der Waals surface area (Å²) in [7, 11) is 3.85. The summed E-state index contributed by atoms with van der Waals surface area (Å²) in [4.78, 5) is 32.0. The average Bonchev–Trinajstić information content (AvgIpc) is 2.77. The fourth-order valence-electron chi connectivity index (χ4n) is 3.01. The van der Waals surface area contributed by atoms with E-state index in [0.717, 1.165) is 0 Å². The number of nitrogens with one attached hydrogen (secondary N) is 3. The average molecular weight is 534 g/mol. The van der Waals surface area contributed by atoms with Crippen LogP contribution in [0.2, 0.25) is 5.02 Å². The molecular formula is C22H27ClF3N5O5. The third kappa shape index (κ3) is 7.77. The molecule has 1 aromatic carbocycles. The van der Waals surface area contributed by atoms with E-state index in [2.05, 4.69) is 25.9 Å². The summed E-state index contributed by atoms with van der Waals surface area (Å²) in [5.74, 6) is -1.03. The first kappa shape index (κ1) is 28.8. The van der Waals surface area contributed by atoms with Crippen molar-refractivity contribution in [1.82, 2.24) is 15.3 Å². The minimum atomic E-state index is -4.64. The summed E-state index contributed by atoms with van der Waals surface area (Å²) in [5.41, 5.74) is -1.15. The zero-order valence-corrected chi connectivity index (χ0v) is 21.2. The predicted octanol–water partition coefficient (Wildman–Crippen LogP) is 4.55. The van der Waals surface area contributed by atoms with Crippen LogP contribution in [0.3, 0.4) is 0 Å². The normalized spacial score (nSPS) is 12.4. The smallest absolute Gasteiger partial charge is 0.421 e. The molecule has 14 heteroatoms. The Kier molecular flexibility index (Phi) is 9.19. The van der Waals surface area contributed by atoms with Crippen molar-refractivity contribution in [3.63, 3.8) is 0 Å². The number of carbonyl (C=O) groups excluding carboxylic acids is 2. The van der Waals surface area contributed by atoms with Gasteiger partial charge in [0.05, 0.1) is 24.9 Å². The van der Waals surface area contributed by atoms with Crippen LogP contribution in [0, 0.1) is 0 Å². The molecule has 1 aromatic heterocycles. The van der Waals surface area contributed by atoms with Crippen LogP contribution in [0.25, 0.3) is 0 Å². The van der Waals surface area contributed by atoms with E-state index in [9.17, 15) is 22.8 Å². The largest absolute Gasteiger partial charge is 0.496 e. The van der Waals surface area contributed by atoms with Gasteiger partial charge in [-0.25, -0.2) is 14.6 Å². The van der Waals surface area contributed by atoms with Crippen LogP contribution in [0.15, 0.2) is 18.3 Å². The quantitative estimate of drug-likeness (QED) is 0.419. The number of carbonyl (C=O) groups is 2. The molecule has 1 atom stereocenters. The third-order valence-corrected chi connectivity index (χ3v) is 4.86. The Morgan fingerprint density at radius 1 is 1.17 bits per heavy atom. The van der Waals surface area contributed by atoms with Gasteiger partial charge in [0.2, 0.25) is 5.95 Å². The Morgan fingerprint density at radius 2 is 1.83 bits per heavy atom. The minimum Gasteiger partial charge on any atom is -0.496 e. The molecule has 0 saturated heterocycles. The van der Waals surface area contributed by atoms with E-state index in [4.69, 9.17) is 25.8 Å². The zero-order valence-electron chi connectivity index (χ0n) is 20.5. The molecule has 0 bridgehead atoms. The number of halogens is 4. The Balaban J connectivity index is 2.33. The summed E-state index contributed by atoms with van der Waals surface area (Å²) in [6.45, 7) is 5.02. The molecule has 36 heavy (non-hydrogen) atoms. The first-order valence-corrected chi connectivity index (χ1v) is 10.9. The summed E-state index contributed by atoms with van der Waals surface area (Å²) in [6.07, 6.45) is -4.87. The first-order valence-electron chi connectivity index (χ1n) is 10.5. The number of esters is 1. The van der Waals surface area contributed by atoms with E-state index >= 15 is 0 Å². The van der Waals surface area contributed by atoms with Gasteiger partial charge in [0.1, 0.15) is 28.8 Å². The maximum absolute atomic E-state index is 13.1. The molecule has 1 heterocycles. The van der Waals surface area contributed by atoms with Crippen LogP contribution in [-0.2, 0) is 26.9 Å². The fourth-order valence-corrected chi connectivity index (χ4v) is 3.24. The van der Waals surface area contributed by atoms with Gasteiger partial charge in [-0.3, -0.25) is 0 Å². The van der Waals surface area contributed by atoms with E-state index in [1.54, 1.807) is 20.8 Å². The van der Waals surface area contributed by atoms with Crippen molar-refractivity contribution in [3.05, 3.63) is 34.5 Å². The molecular weight excluding hydrogens is 507 g/mol. The Morgan fingerprint density at radius 3 is 2.36 bits per heavy atom. The van der Waals surface area contributed by atoms with Crippen LogP contribution in [0.4, 0.5) is 35.4 Å². The van der Waals surface area contributed by atoms with Crippen LogP contribution in [0.5, 0.6) is 5.75 Å². The lowest BCUT2D eigenvalue weighted by atomic mass is 10.0. The number of hydrogen-bond donors (Lipinski definition) is 3. The second-order valence-electron chi connectivity index (χ2n) is 8.40. The molecule has 0 aliphatic rings. The number of nitrogens with zero attached hydrogens (tertiary/aromatic N) is 2. The number of methoxy groups -OCH3 is 2. The lowest BCUT2D eigenvalue weighted by Gasteiger charge is -2.23. The highest BCUT2D eigenvalue weighted by molar-refractivity contribution is 6.33. The number of anilines is 3. The van der Waals surface area contributed by atoms with Crippen LogP contribution >= 0.6 is 11.6 Å². The van der Waals surface area contributed by atoms with E-state index in [1.165, 1.54) is 33.4 Å². The van der Waals surface area contributed by atoms with Crippen molar-refractivity contribution in [2.45, 2.75) is 45.0 Å². The Bertz CT molecular complexity index is 1110. The molecule has 3 N–H and O–H groups in total.